The van der Waals surface area contributed by atoms with E-state index in [1.165, 1.54) is 19.2 Å². The summed E-state index contributed by atoms with van der Waals surface area (Å²) in [6, 6.07) is 13.0. The Morgan fingerprint density at radius 3 is 2.67 bits per heavy atom. The molecule has 0 fully saturated rings. The molecule has 0 aromatic heterocycles. The summed E-state index contributed by atoms with van der Waals surface area (Å²) >= 11 is 0. The van der Waals surface area contributed by atoms with Crippen molar-refractivity contribution in [2.75, 3.05) is 7.11 Å². The highest BCUT2D eigenvalue weighted by Crippen LogP contribution is 2.29. The fraction of sp³-hybridized carbons (Fsp3) is 0.176. The fourth-order valence-electron chi connectivity index (χ4n) is 2.16. The van der Waals surface area contributed by atoms with Crippen LogP contribution in [0.3, 0.4) is 0 Å². The second kappa shape index (κ2) is 6.19. The molecule has 2 rings (SSSR count). The van der Waals surface area contributed by atoms with Crippen LogP contribution in [-0.4, -0.2) is 12.9 Å². The number of aryl methyl sites for hydroxylation is 1. The standard InChI is InChI=1S/C17H14FNO2/c1-11-7-8-15(18)13(9-11)17(20)14(10-19)12-5-3-4-6-16(12)21-2/h3-9,14H,1-2H3. The first-order valence-corrected chi connectivity index (χ1v) is 6.41. The maximum atomic E-state index is 13.9. The number of ether oxygens (including phenoxy) is 1. The van der Waals surface area contributed by atoms with E-state index in [9.17, 15) is 14.4 Å². The first-order chi connectivity index (χ1) is 10.1. The molecule has 21 heavy (non-hydrogen) atoms. The lowest BCUT2D eigenvalue weighted by atomic mass is 9.90. The molecule has 106 valence electrons. The van der Waals surface area contributed by atoms with Gasteiger partial charge in [-0.25, -0.2) is 4.39 Å². The van der Waals surface area contributed by atoms with E-state index in [2.05, 4.69) is 0 Å². The molecule has 0 heterocycles. The molecule has 0 radical (unpaired) electrons. The Bertz CT molecular complexity index is 719. The van der Waals surface area contributed by atoms with Gasteiger partial charge in [-0.05, 0) is 25.1 Å². The minimum Gasteiger partial charge on any atom is -0.496 e. The molecule has 4 heteroatoms. The highest BCUT2D eigenvalue weighted by molar-refractivity contribution is 6.03. The van der Waals surface area contributed by atoms with Gasteiger partial charge in [-0.3, -0.25) is 4.79 Å². The monoisotopic (exact) mass is 283 g/mol. The Kier molecular flexibility index (Phi) is 4.34. The zero-order chi connectivity index (χ0) is 15.4. The van der Waals surface area contributed by atoms with Gasteiger partial charge in [0.15, 0.2) is 5.78 Å². The minimum absolute atomic E-state index is 0.0764. The normalized spacial score (nSPS) is 11.5. The number of halogens is 1. The maximum absolute atomic E-state index is 13.9. The van der Waals surface area contributed by atoms with Crippen molar-refractivity contribution in [2.24, 2.45) is 0 Å². The van der Waals surface area contributed by atoms with Gasteiger partial charge in [0.1, 0.15) is 17.5 Å². The Balaban J connectivity index is 2.49. The third kappa shape index (κ3) is 2.92. The number of hydrogen-bond donors (Lipinski definition) is 0. The van der Waals surface area contributed by atoms with Crippen LogP contribution >= 0.6 is 0 Å². The average Bonchev–Trinajstić information content (AvgIpc) is 2.50. The third-order valence-corrected chi connectivity index (χ3v) is 3.23. The van der Waals surface area contributed by atoms with Gasteiger partial charge in [-0.15, -0.1) is 0 Å². The van der Waals surface area contributed by atoms with Gasteiger partial charge in [0.2, 0.25) is 0 Å². The largest absolute Gasteiger partial charge is 0.496 e. The lowest BCUT2D eigenvalue weighted by molar-refractivity contribution is 0.0974. The van der Waals surface area contributed by atoms with E-state index in [1.807, 2.05) is 6.07 Å². The smallest absolute Gasteiger partial charge is 0.187 e. The summed E-state index contributed by atoms with van der Waals surface area (Å²) in [7, 11) is 1.46. The number of ketones is 1. The number of nitrogens with zero attached hydrogens (tertiary/aromatic N) is 1. The molecule has 0 bridgehead atoms. The van der Waals surface area contributed by atoms with Gasteiger partial charge < -0.3 is 4.74 Å². The van der Waals surface area contributed by atoms with Crippen molar-refractivity contribution in [3.05, 3.63) is 65.0 Å². The molecule has 2 aromatic carbocycles. The number of carbonyl (C=O) groups excluding carboxylic acids is 1. The summed E-state index contributed by atoms with van der Waals surface area (Å²) in [6.45, 7) is 1.76. The number of hydrogen-bond acceptors (Lipinski definition) is 3. The molecule has 1 unspecified atom stereocenters. The summed E-state index contributed by atoms with van der Waals surface area (Å²) in [5.74, 6) is -1.85. The van der Waals surface area contributed by atoms with Gasteiger partial charge in [0.05, 0.1) is 18.7 Å². The summed E-state index contributed by atoms with van der Waals surface area (Å²) in [4.78, 5) is 12.5. The first kappa shape index (κ1) is 14.7. The molecule has 3 nitrogen and oxygen atoms in total. The Labute approximate surface area is 122 Å². The van der Waals surface area contributed by atoms with Crippen molar-refractivity contribution in [1.82, 2.24) is 0 Å². The number of nitriles is 1. The van der Waals surface area contributed by atoms with E-state index in [-0.39, 0.29) is 5.56 Å². The minimum atomic E-state index is -1.10. The van der Waals surface area contributed by atoms with Gasteiger partial charge in [-0.2, -0.15) is 5.26 Å². The van der Waals surface area contributed by atoms with E-state index >= 15 is 0 Å². The summed E-state index contributed by atoms with van der Waals surface area (Å²) < 4.78 is 19.0. The zero-order valence-corrected chi connectivity index (χ0v) is 11.8. The molecule has 0 aliphatic heterocycles. The van der Waals surface area contributed by atoms with E-state index < -0.39 is 17.5 Å². The molecule has 1 atom stereocenters. The lowest BCUT2D eigenvalue weighted by Crippen LogP contribution is -2.14. The highest BCUT2D eigenvalue weighted by atomic mass is 19.1. The Hall–Kier alpha value is -2.67. The predicted octanol–water partition coefficient (Wildman–Crippen LogP) is 3.63. The number of para-hydroxylation sites is 1. The quantitative estimate of drug-likeness (QED) is 0.805. The van der Waals surface area contributed by atoms with Crippen LogP contribution in [0.2, 0.25) is 0 Å². The van der Waals surface area contributed by atoms with Crippen LogP contribution in [0.15, 0.2) is 42.5 Å². The number of rotatable bonds is 4. The number of methoxy groups -OCH3 is 1. The predicted molar refractivity (Wildman–Crippen MR) is 76.8 cm³/mol. The van der Waals surface area contributed by atoms with Crippen LogP contribution in [0.1, 0.15) is 27.4 Å². The molecule has 0 aliphatic rings. The molecule has 0 saturated heterocycles. The highest BCUT2D eigenvalue weighted by Gasteiger charge is 2.26. The summed E-state index contributed by atoms with van der Waals surface area (Å²) in [5, 5.41) is 9.34. The van der Waals surface area contributed by atoms with Gasteiger partial charge in [0.25, 0.3) is 0 Å². The van der Waals surface area contributed by atoms with Crippen LogP contribution in [0.5, 0.6) is 5.75 Å². The molecular weight excluding hydrogens is 269 g/mol. The summed E-state index contributed by atoms with van der Waals surface area (Å²) in [5.41, 5.74) is 1.12. The Morgan fingerprint density at radius 1 is 1.29 bits per heavy atom. The van der Waals surface area contributed by atoms with E-state index in [4.69, 9.17) is 4.74 Å². The van der Waals surface area contributed by atoms with Crippen LogP contribution < -0.4 is 4.74 Å². The van der Waals surface area contributed by atoms with Gasteiger partial charge in [0, 0.05) is 5.56 Å². The number of carbonyl (C=O) groups is 1. The topological polar surface area (TPSA) is 50.1 Å². The van der Waals surface area contributed by atoms with Crippen molar-refractivity contribution in [3.63, 3.8) is 0 Å². The maximum Gasteiger partial charge on any atom is 0.187 e. The lowest BCUT2D eigenvalue weighted by Gasteiger charge is -2.13. The van der Waals surface area contributed by atoms with Crippen molar-refractivity contribution in [1.29, 1.82) is 5.26 Å². The van der Waals surface area contributed by atoms with Crippen LogP contribution in [0.25, 0.3) is 0 Å². The molecular formula is C17H14FNO2. The zero-order valence-electron chi connectivity index (χ0n) is 11.8. The molecule has 0 spiro atoms. The third-order valence-electron chi connectivity index (χ3n) is 3.23. The SMILES string of the molecule is COc1ccccc1C(C#N)C(=O)c1cc(C)ccc1F. The van der Waals surface area contributed by atoms with Crippen molar-refractivity contribution in [3.8, 4) is 11.8 Å². The van der Waals surface area contributed by atoms with Crippen molar-refractivity contribution in [2.45, 2.75) is 12.8 Å². The first-order valence-electron chi connectivity index (χ1n) is 6.41. The van der Waals surface area contributed by atoms with Gasteiger partial charge >= 0.3 is 0 Å². The number of Topliss-reactive ketones (excluding diaryl/α,β-unsaturated/α-hetero) is 1. The molecule has 2 aromatic rings. The fourth-order valence-corrected chi connectivity index (χ4v) is 2.16. The molecule has 0 amide bonds. The molecule has 0 saturated carbocycles. The van der Waals surface area contributed by atoms with Crippen LogP contribution in [0, 0.1) is 24.1 Å². The van der Waals surface area contributed by atoms with E-state index in [0.717, 1.165) is 5.56 Å². The van der Waals surface area contributed by atoms with Gasteiger partial charge in [-0.1, -0.05) is 29.8 Å². The number of benzene rings is 2. The average molecular weight is 283 g/mol. The summed E-state index contributed by atoms with van der Waals surface area (Å²) in [6.07, 6.45) is 0. The molecule has 0 N–H and O–H groups in total. The van der Waals surface area contributed by atoms with Crippen LogP contribution in [0.4, 0.5) is 4.39 Å². The van der Waals surface area contributed by atoms with E-state index in [1.54, 1.807) is 37.3 Å². The Morgan fingerprint density at radius 2 is 2.00 bits per heavy atom. The van der Waals surface area contributed by atoms with Crippen molar-refractivity contribution < 1.29 is 13.9 Å². The molecule has 0 aliphatic carbocycles. The van der Waals surface area contributed by atoms with Crippen LogP contribution in [-0.2, 0) is 0 Å². The van der Waals surface area contributed by atoms with E-state index in [0.29, 0.717) is 11.3 Å². The second-order valence-electron chi connectivity index (χ2n) is 4.65. The second-order valence-corrected chi connectivity index (χ2v) is 4.65. The van der Waals surface area contributed by atoms with Crippen molar-refractivity contribution >= 4 is 5.78 Å².